The molecule has 1 unspecified atom stereocenters. The molecule has 21 heavy (non-hydrogen) atoms. The van der Waals surface area contributed by atoms with Crippen molar-refractivity contribution in [1.82, 2.24) is 9.97 Å². The van der Waals surface area contributed by atoms with Gasteiger partial charge in [-0.25, -0.2) is 13.8 Å². The van der Waals surface area contributed by atoms with Crippen LogP contribution in [0.15, 0.2) is 6.20 Å². The van der Waals surface area contributed by atoms with Gasteiger partial charge in [-0.15, -0.1) is 0 Å². The number of fused-ring (bicyclic) bond motifs is 1. The SMILES string of the molecule is CC[C@@H]1CN(C)c2cnc(Cl)nc2N1C1CCC(F)(F)C1. The summed E-state index contributed by atoms with van der Waals surface area (Å²) in [5.41, 5.74) is 0.860. The molecule has 0 aromatic carbocycles. The number of hydrogen-bond acceptors (Lipinski definition) is 4. The minimum atomic E-state index is -2.57. The molecule has 0 spiro atoms. The van der Waals surface area contributed by atoms with E-state index in [1.165, 1.54) is 0 Å². The maximum Gasteiger partial charge on any atom is 0.250 e. The molecular weight excluding hydrogens is 298 g/mol. The molecule has 7 heteroatoms. The smallest absolute Gasteiger partial charge is 0.250 e. The summed E-state index contributed by atoms with van der Waals surface area (Å²) in [5, 5.41) is 0.161. The number of likely N-dealkylation sites (N-methyl/N-ethyl adjacent to an activating group) is 1. The molecule has 1 aromatic heterocycles. The highest BCUT2D eigenvalue weighted by atomic mass is 35.5. The summed E-state index contributed by atoms with van der Waals surface area (Å²) < 4.78 is 27.2. The average molecular weight is 317 g/mol. The number of nitrogens with zero attached hydrogens (tertiary/aromatic N) is 4. The van der Waals surface area contributed by atoms with E-state index < -0.39 is 5.92 Å². The fraction of sp³-hybridized carbons (Fsp3) is 0.714. The van der Waals surface area contributed by atoms with Crippen LogP contribution in [0.25, 0.3) is 0 Å². The Hall–Kier alpha value is -1.17. The normalized spacial score (nSPS) is 27.9. The first-order valence-electron chi connectivity index (χ1n) is 7.31. The van der Waals surface area contributed by atoms with Crippen LogP contribution in [-0.2, 0) is 0 Å². The summed E-state index contributed by atoms with van der Waals surface area (Å²) in [6.07, 6.45) is 2.90. The molecule has 4 nitrogen and oxygen atoms in total. The van der Waals surface area contributed by atoms with Crippen LogP contribution < -0.4 is 9.80 Å². The van der Waals surface area contributed by atoms with E-state index in [4.69, 9.17) is 11.6 Å². The van der Waals surface area contributed by atoms with Crippen molar-refractivity contribution in [2.45, 2.75) is 50.6 Å². The van der Waals surface area contributed by atoms with Gasteiger partial charge >= 0.3 is 0 Å². The number of rotatable bonds is 2. The Labute approximate surface area is 128 Å². The molecule has 3 rings (SSSR count). The first-order chi connectivity index (χ1) is 9.91. The Morgan fingerprint density at radius 3 is 2.86 bits per heavy atom. The van der Waals surface area contributed by atoms with E-state index in [0.717, 1.165) is 18.7 Å². The van der Waals surface area contributed by atoms with Crippen molar-refractivity contribution < 1.29 is 8.78 Å². The molecule has 1 aliphatic heterocycles. The van der Waals surface area contributed by atoms with Crippen LogP contribution in [0.5, 0.6) is 0 Å². The van der Waals surface area contributed by atoms with Crippen molar-refractivity contribution in [3.8, 4) is 0 Å². The summed E-state index contributed by atoms with van der Waals surface area (Å²) in [4.78, 5) is 12.5. The molecule has 2 atom stereocenters. The van der Waals surface area contributed by atoms with E-state index in [-0.39, 0.29) is 30.2 Å². The number of alkyl halides is 2. The lowest BCUT2D eigenvalue weighted by atomic mass is 10.0. The third-order valence-electron chi connectivity index (χ3n) is 4.50. The van der Waals surface area contributed by atoms with Gasteiger partial charge in [0.2, 0.25) is 11.2 Å². The molecular formula is C14H19ClF2N4. The zero-order chi connectivity index (χ0) is 15.2. The van der Waals surface area contributed by atoms with E-state index in [9.17, 15) is 8.78 Å². The van der Waals surface area contributed by atoms with Gasteiger partial charge in [0.15, 0.2) is 5.82 Å². The first kappa shape index (κ1) is 14.8. The van der Waals surface area contributed by atoms with Crippen molar-refractivity contribution in [2.24, 2.45) is 0 Å². The molecule has 2 heterocycles. The van der Waals surface area contributed by atoms with Gasteiger partial charge in [0.1, 0.15) is 0 Å². The molecule has 0 N–H and O–H groups in total. The second-order valence-electron chi connectivity index (χ2n) is 5.95. The zero-order valence-corrected chi connectivity index (χ0v) is 12.9. The van der Waals surface area contributed by atoms with Gasteiger partial charge in [-0.2, -0.15) is 4.98 Å². The Morgan fingerprint density at radius 1 is 1.48 bits per heavy atom. The quantitative estimate of drug-likeness (QED) is 0.783. The van der Waals surface area contributed by atoms with Crippen LogP contribution in [0.2, 0.25) is 5.28 Å². The van der Waals surface area contributed by atoms with E-state index in [2.05, 4.69) is 26.7 Å². The Morgan fingerprint density at radius 2 is 2.24 bits per heavy atom. The summed E-state index contributed by atoms with van der Waals surface area (Å²) in [6, 6.07) is -0.00395. The lowest BCUT2D eigenvalue weighted by Gasteiger charge is -2.45. The standard InChI is InChI=1S/C14H19ClF2N4/c1-3-9-8-20(2)11-7-18-13(15)19-12(11)21(9)10-4-5-14(16,17)6-10/h7,9-10H,3-6,8H2,1-2H3/t9-,10?/m1/s1. The summed E-state index contributed by atoms with van der Waals surface area (Å²) >= 11 is 5.93. The van der Waals surface area contributed by atoms with Crippen LogP contribution in [-0.4, -0.2) is 41.6 Å². The predicted octanol–water partition coefficient (Wildman–Crippen LogP) is 3.35. The molecule has 1 aliphatic carbocycles. The fourth-order valence-corrected chi connectivity index (χ4v) is 3.57. The highest BCUT2D eigenvalue weighted by Crippen LogP contribution is 2.43. The molecule has 0 radical (unpaired) electrons. The maximum absolute atomic E-state index is 13.6. The monoisotopic (exact) mass is 316 g/mol. The molecule has 1 fully saturated rings. The van der Waals surface area contributed by atoms with Crippen LogP contribution in [0, 0.1) is 0 Å². The number of anilines is 2. The second-order valence-corrected chi connectivity index (χ2v) is 6.29. The molecule has 0 saturated heterocycles. The number of halogens is 3. The minimum Gasteiger partial charge on any atom is -0.368 e. The largest absolute Gasteiger partial charge is 0.368 e. The van der Waals surface area contributed by atoms with E-state index in [1.807, 2.05) is 7.05 Å². The van der Waals surface area contributed by atoms with Crippen LogP contribution in [0.1, 0.15) is 32.6 Å². The highest BCUT2D eigenvalue weighted by molar-refractivity contribution is 6.28. The van der Waals surface area contributed by atoms with Crippen LogP contribution in [0.3, 0.4) is 0 Å². The van der Waals surface area contributed by atoms with Crippen LogP contribution >= 0.6 is 11.6 Å². The highest BCUT2D eigenvalue weighted by Gasteiger charge is 2.45. The lowest BCUT2D eigenvalue weighted by Crippen LogP contribution is -2.52. The van der Waals surface area contributed by atoms with Crippen molar-refractivity contribution in [2.75, 3.05) is 23.4 Å². The average Bonchev–Trinajstić information content (AvgIpc) is 2.78. The maximum atomic E-state index is 13.6. The van der Waals surface area contributed by atoms with Crippen molar-refractivity contribution in [1.29, 1.82) is 0 Å². The Kier molecular flexibility index (Phi) is 3.67. The van der Waals surface area contributed by atoms with Crippen molar-refractivity contribution in [3.63, 3.8) is 0 Å². The van der Waals surface area contributed by atoms with Crippen molar-refractivity contribution in [3.05, 3.63) is 11.5 Å². The minimum absolute atomic E-state index is 0.0470. The second kappa shape index (κ2) is 5.23. The first-order valence-corrected chi connectivity index (χ1v) is 7.69. The summed E-state index contributed by atoms with van der Waals surface area (Å²) in [6.45, 7) is 2.86. The number of aromatic nitrogens is 2. The van der Waals surface area contributed by atoms with Gasteiger partial charge in [-0.3, -0.25) is 0 Å². The topological polar surface area (TPSA) is 32.3 Å². The molecule has 116 valence electrons. The molecule has 1 aromatic rings. The lowest BCUT2D eigenvalue weighted by molar-refractivity contribution is 0.00752. The van der Waals surface area contributed by atoms with Gasteiger partial charge < -0.3 is 9.80 Å². The van der Waals surface area contributed by atoms with Gasteiger partial charge in [0.25, 0.3) is 0 Å². The molecule has 0 bridgehead atoms. The predicted molar refractivity (Wildman–Crippen MR) is 79.5 cm³/mol. The molecule has 0 amide bonds. The fourth-order valence-electron chi connectivity index (χ4n) is 3.44. The summed E-state index contributed by atoms with van der Waals surface area (Å²) in [7, 11) is 1.97. The van der Waals surface area contributed by atoms with E-state index >= 15 is 0 Å². The number of hydrogen-bond donors (Lipinski definition) is 0. The third kappa shape index (κ3) is 2.65. The Bertz CT molecular complexity index is 540. The molecule has 2 aliphatic rings. The van der Waals surface area contributed by atoms with Gasteiger partial charge in [-0.05, 0) is 24.4 Å². The Balaban J connectivity index is 2.00. The zero-order valence-electron chi connectivity index (χ0n) is 12.2. The van der Waals surface area contributed by atoms with Gasteiger partial charge in [0, 0.05) is 38.5 Å². The van der Waals surface area contributed by atoms with E-state index in [0.29, 0.717) is 12.2 Å². The van der Waals surface area contributed by atoms with Gasteiger partial charge in [-0.1, -0.05) is 6.92 Å². The van der Waals surface area contributed by atoms with Crippen molar-refractivity contribution >= 4 is 23.1 Å². The molecule has 1 saturated carbocycles. The van der Waals surface area contributed by atoms with Gasteiger partial charge in [0.05, 0.1) is 11.9 Å². The third-order valence-corrected chi connectivity index (χ3v) is 4.68. The van der Waals surface area contributed by atoms with Crippen LogP contribution in [0.4, 0.5) is 20.3 Å². The summed E-state index contributed by atoms with van der Waals surface area (Å²) in [5.74, 6) is -1.87. The van der Waals surface area contributed by atoms with E-state index in [1.54, 1.807) is 6.20 Å².